The van der Waals surface area contributed by atoms with Crippen LogP contribution >= 0.6 is 11.6 Å². The van der Waals surface area contributed by atoms with Crippen molar-refractivity contribution in [2.75, 3.05) is 32.8 Å². The van der Waals surface area contributed by atoms with Gasteiger partial charge in [0.2, 0.25) is 5.91 Å². The average Bonchev–Trinajstić information content (AvgIpc) is 3.10. The molecular formula is C20H23ClN2O4. The topological polar surface area (TPSA) is 63.0 Å². The first-order chi connectivity index (χ1) is 13.1. The van der Waals surface area contributed by atoms with Gasteiger partial charge >= 0.3 is 0 Å². The van der Waals surface area contributed by atoms with E-state index in [1.54, 1.807) is 23.1 Å². The third kappa shape index (κ3) is 5.26. The Hall–Kier alpha value is -2.47. The summed E-state index contributed by atoms with van der Waals surface area (Å²) in [6.07, 6.45) is 3.28. The molecule has 2 amide bonds. The first-order valence-electron chi connectivity index (χ1n) is 9.13. The van der Waals surface area contributed by atoms with E-state index in [-0.39, 0.29) is 11.8 Å². The summed E-state index contributed by atoms with van der Waals surface area (Å²) in [7, 11) is 0. The third-order valence-corrected chi connectivity index (χ3v) is 4.81. The van der Waals surface area contributed by atoms with Gasteiger partial charge in [-0.15, -0.1) is 0 Å². The van der Waals surface area contributed by atoms with Crippen LogP contribution in [-0.2, 0) is 4.79 Å². The molecule has 3 rings (SSSR count). The molecule has 0 unspecified atom stereocenters. The highest BCUT2D eigenvalue weighted by atomic mass is 35.5. The molecule has 6 nitrogen and oxygen atoms in total. The van der Waals surface area contributed by atoms with Gasteiger partial charge in [-0.2, -0.15) is 0 Å². The number of ether oxygens (including phenoxy) is 1. The van der Waals surface area contributed by atoms with Crippen LogP contribution in [0.5, 0.6) is 5.75 Å². The van der Waals surface area contributed by atoms with Crippen LogP contribution in [-0.4, -0.2) is 54.4 Å². The number of rotatable bonds is 6. The molecule has 1 saturated heterocycles. The molecule has 0 radical (unpaired) electrons. The van der Waals surface area contributed by atoms with Crippen LogP contribution in [0.25, 0.3) is 0 Å². The SMILES string of the molecule is O=C(CCCOc1ccccc1Cl)N1CCCN(C(=O)c2ccco2)CC1. The Morgan fingerprint density at radius 1 is 1.04 bits per heavy atom. The van der Waals surface area contributed by atoms with E-state index in [1.807, 2.05) is 23.1 Å². The lowest BCUT2D eigenvalue weighted by Gasteiger charge is -2.21. The molecule has 0 saturated carbocycles. The van der Waals surface area contributed by atoms with Crippen molar-refractivity contribution in [3.8, 4) is 5.75 Å². The molecule has 0 aliphatic carbocycles. The van der Waals surface area contributed by atoms with E-state index in [0.717, 1.165) is 6.42 Å². The minimum atomic E-state index is -0.123. The van der Waals surface area contributed by atoms with Crippen LogP contribution in [0.4, 0.5) is 0 Å². The van der Waals surface area contributed by atoms with Crippen LogP contribution in [0.15, 0.2) is 47.1 Å². The Morgan fingerprint density at radius 2 is 1.81 bits per heavy atom. The lowest BCUT2D eigenvalue weighted by molar-refractivity contribution is -0.131. The average molecular weight is 391 g/mol. The van der Waals surface area contributed by atoms with E-state index in [0.29, 0.717) is 62.2 Å². The van der Waals surface area contributed by atoms with E-state index >= 15 is 0 Å². The smallest absolute Gasteiger partial charge is 0.289 e. The van der Waals surface area contributed by atoms with Crippen LogP contribution in [0.3, 0.4) is 0 Å². The fraction of sp³-hybridized carbons (Fsp3) is 0.400. The van der Waals surface area contributed by atoms with Gasteiger partial charge < -0.3 is 19.0 Å². The maximum atomic E-state index is 12.5. The van der Waals surface area contributed by atoms with Crippen LogP contribution < -0.4 is 4.74 Å². The summed E-state index contributed by atoms with van der Waals surface area (Å²) >= 11 is 6.04. The molecule has 7 heteroatoms. The second kappa shape index (κ2) is 9.46. The maximum absolute atomic E-state index is 12.5. The molecule has 1 aliphatic heterocycles. The molecular weight excluding hydrogens is 368 g/mol. The fourth-order valence-electron chi connectivity index (χ4n) is 3.05. The quantitative estimate of drug-likeness (QED) is 0.708. The maximum Gasteiger partial charge on any atom is 0.289 e. The van der Waals surface area contributed by atoms with Crippen LogP contribution in [0, 0.1) is 0 Å². The van der Waals surface area contributed by atoms with E-state index in [9.17, 15) is 9.59 Å². The van der Waals surface area contributed by atoms with Gasteiger partial charge in [-0.3, -0.25) is 9.59 Å². The Bertz CT molecular complexity index is 763. The number of hydrogen-bond donors (Lipinski definition) is 0. The minimum absolute atomic E-state index is 0.0880. The monoisotopic (exact) mass is 390 g/mol. The molecule has 0 N–H and O–H groups in total. The lowest BCUT2D eigenvalue weighted by atomic mass is 10.2. The number of para-hydroxylation sites is 1. The number of carbonyl (C=O) groups is 2. The van der Waals surface area contributed by atoms with Crippen molar-refractivity contribution in [1.29, 1.82) is 0 Å². The van der Waals surface area contributed by atoms with Crippen molar-refractivity contribution in [3.63, 3.8) is 0 Å². The summed E-state index contributed by atoms with van der Waals surface area (Å²) in [4.78, 5) is 28.4. The first-order valence-corrected chi connectivity index (χ1v) is 9.51. The summed E-state index contributed by atoms with van der Waals surface area (Å²) in [5.41, 5.74) is 0. The van der Waals surface area contributed by atoms with Gasteiger partial charge in [0, 0.05) is 32.6 Å². The molecule has 2 heterocycles. The molecule has 1 fully saturated rings. The molecule has 144 valence electrons. The van der Waals surface area contributed by atoms with Crippen LogP contribution in [0.1, 0.15) is 29.8 Å². The van der Waals surface area contributed by atoms with E-state index < -0.39 is 0 Å². The number of amides is 2. The summed E-state index contributed by atoms with van der Waals surface area (Å²) in [6.45, 7) is 2.77. The van der Waals surface area contributed by atoms with Gasteiger partial charge in [0.15, 0.2) is 5.76 Å². The highest BCUT2D eigenvalue weighted by Gasteiger charge is 2.23. The highest BCUT2D eigenvalue weighted by Crippen LogP contribution is 2.23. The van der Waals surface area contributed by atoms with E-state index in [2.05, 4.69) is 0 Å². The summed E-state index contributed by atoms with van der Waals surface area (Å²) in [5.74, 6) is 0.937. The highest BCUT2D eigenvalue weighted by molar-refractivity contribution is 6.32. The van der Waals surface area contributed by atoms with Gasteiger partial charge in [0.25, 0.3) is 5.91 Å². The second-order valence-electron chi connectivity index (χ2n) is 6.39. The second-order valence-corrected chi connectivity index (χ2v) is 6.79. The van der Waals surface area contributed by atoms with Crippen molar-refractivity contribution < 1.29 is 18.7 Å². The molecule has 1 aromatic heterocycles. The number of nitrogens with zero attached hydrogens (tertiary/aromatic N) is 2. The summed E-state index contributed by atoms with van der Waals surface area (Å²) in [6, 6.07) is 10.6. The van der Waals surface area contributed by atoms with Crippen molar-refractivity contribution in [3.05, 3.63) is 53.4 Å². The third-order valence-electron chi connectivity index (χ3n) is 4.50. The Kier molecular flexibility index (Phi) is 6.76. The van der Waals surface area contributed by atoms with Gasteiger partial charge in [-0.05, 0) is 37.1 Å². The Labute approximate surface area is 163 Å². The van der Waals surface area contributed by atoms with E-state index in [4.69, 9.17) is 20.8 Å². The molecule has 0 atom stereocenters. The van der Waals surface area contributed by atoms with Gasteiger partial charge in [0.1, 0.15) is 5.75 Å². The zero-order chi connectivity index (χ0) is 19.1. The number of benzene rings is 1. The number of halogens is 1. The van der Waals surface area contributed by atoms with Gasteiger partial charge in [0.05, 0.1) is 17.9 Å². The lowest BCUT2D eigenvalue weighted by Crippen LogP contribution is -2.37. The zero-order valence-corrected chi connectivity index (χ0v) is 15.9. The van der Waals surface area contributed by atoms with Crippen molar-refractivity contribution >= 4 is 23.4 Å². The standard InChI is InChI=1S/C20H23ClN2O4/c21-16-6-1-2-7-17(16)26-15-4-9-19(24)22-10-5-11-23(13-12-22)20(25)18-8-3-14-27-18/h1-3,6-8,14H,4-5,9-13,15H2. The van der Waals surface area contributed by atoms with Crippen LogP contribution in [0.2, 0.25) is 5.02 Å². The number of carbonyl (C=O) groups excluding carboxylic acids is 2. The predicted octanol–water partition coefficient (Wildman–Crippen LogP) is 3.47. The van der Waals surface area contributed by atoms with Crippen molar-refractivity contribution in [2.24, 2.45) is 0 Å². The number of hydrogen-bond acceptors (Lipinski definition) is 4. The predicted molar refractivity (Wildman–Crippen MR) is 102 cm³/mol. The normalized spacial score (nSPS) is 14.7. The first kappa shape index (κ1) is 19.3. The molecule has 1 aliphatic rings. The largest absolute Gasteiger partial charge is 0.492 e. The van der Waals surface area contributed by atoms with Gasteiger partial charge in [-0.1, -0.05) is 23.7 Å². The van der Waals surface area contributed by atoms with Gasteiger partial charge in [-0.25, -0.2) is 0 Å². The molecule has 27 heavy (non-hydrogen) atoms. The summed E-state index contributed by atoms with van der Waals surface area (Å²) < 4.78 is 10.8. The number of furan rings is 1. The molecule has 0 bridgehead atoms. The van der Waals surface area contributed by atoms with Crippen molar-refractivity contribution in [1.82, 2.24) is 9.80 Å². The Balaban J connectivity index is 1.41. The van der Waals surface area contributed by atoms with Crippen molar-refractivity contribution in [2.45, 2.75) is 19.3 Å². The van der Waals surface area contributed by atoms with E-state index in [1.165, 1.54) is 6.26 Å². The molecule has 1 aromatic carbocycles. The minimum Gasteiger partial charge on any atom is -0.492 e. The Morgan fingerprint density at radius 3 is 2.59 bits per heavy atom. The molecule has 0 spiro atoms. The molecule has 2 aromatic rings. The zero-order valence-electron chi connectivity index (χ0n) is 15.1. The summed E-state index contributed by atoms with van der Waals surface area (Å²) in [5, 5.41) is 0.567. The fourth-order valence-corrected chi connectivity index (χ4v) is 3.24.